The topological polar surface area (TPSA) is 60.2 Å². The second-order valence-corrected chi connectivity index (χ2v) is 6.83. The van der Waals surface area contributed by atoms with Crippen LogP contribution in [0.1, 0.15) is 25.5 Å². The lowest BCUT2D eigenvalue weighted by molar-refractivity contribution is -0.127. The zero-order valence-corrected chi connectivity index (χ0v) is 15.4. The zero-order chi connectivity index (χ0) is 17.5. The van der Waals surface area contributed by atoms with Crippen molar-refractivity contribution in [1.82, 2.24) is 19.7 Å². The highest BCUT2D eigenvalue weighted by Gasteiger charge is 2.13. The average molecular weight is 348 g/mol. The maximum atomic E-state index is 12.2. The van der Waals surface area contributed by atoms with Gasteiger partial charge in [0.25, 0.3) is 0 Å². The third-order valence-corrected chi connectivity index (χ3v) is 4.47. The molecule has 24 heavy (non-hydrogen) atoms. The predicted octanol–water partition coefficient (Wildman–Crippen LogP) is 2.80. The highest BCUT2D eigenvalue weighted by molar-refractivity contribution is 7.99. The Morgan fingerprint density at radius 1 is 1.42 bits per heavy atom. The molecule has 1 amide bonds. The standard InChI is InChI=1S/C17H24N4O2S/c1-13(2)21-12-18-19-17(21)24-11-16(22)20(4)8-9-23-15-7-5-6-14(3)10-15/h5-7,10,12-13H,8-9,11H2,1-4H3. The van der Waals surface area contributed by atoms with E-state index in [1.165, 1.54) is 11.8 Å². The van der Waals surface area contributed by atoms with Crippen molar-refractivity contribution in [1.29, 1.82) is 0 Å². The zero-order valence-electron chi connectivity index (χ0n) is 14.6. The van der Waals surface area contributed by atoms with Crippen molar-refractivity contribution < 1.29 is 9.53 Å². The molecule has 0 N–H and O–H groups in total. The summed E-state index contributed by atoms with van der Waals surface area (Å²) in [5, 5.41) is 8.73. The van der Waals surface area contributed by atoms with E-state index >= 15 is 0 Å². The summed E-state index contributed by atoms with van der Waals surface area (Å²) in [5.74, 6) is 1.22. The number of benzene rings is 1. The van der Waals surface area contributed by atoms with Gasteiger partial charge in [0.2, 0.25) is 5.91 Å². The minimum atomic E-state index is 0.0474. The Bertz CT molecular complexity index is 672. The second kappa shape index (κ2) is 8.73. The van der Waals surface area contributed by atoms with E-state index in [4.69, 9.17) is 4.74 Å². The summed E-state index contributed by atoms with van der Waals surface area (Å²) in [5.41, 5.74) is 1.16. The molecule has 0 aliphatic heterocycles. The number of aryl methyl sites for hydroxylation is 1. The van der Waals surface area contributed by atoms with Gasteiger partial charge in [0, 0.05) is 13.1 Å². The molecule has 130 valence electrons. The van der Waals surface area contributed by atoms with Gasteiger partial charge in [-0.3, -0.25) is 4.79 Å². The van der Waals surface area contributed by atoms with Crippen LogP contribution in [-0.4, -0.2) is 51.5 Å². The van der Waals surface area contributed by atoms with Crippen LogP contribution < -0.4 is 4.74 Å². The number of likely N-dealkylation sites (N-methyl/N-ethyl adjacent to an activating group) is 1. The molecule has 0 saturated heterocycles. The van der Waals surface area contributed by atoms with Gasteiger partial charge in [0.1, 0.15) is 18.7 Å². The third-order valence-electron chi connectivity index (χ3n) is 3.53. The molecule has 0 saturated carbocycles. The van der Waals surface area contributed by atoms with Crippen molar-refractivity contribution in [2.45, 2.75) is 32.0 Å². The first-order valence-electron chi connectivity index (χ1n) is 7.93. The first-order chi connectivity index (χ1) is 11.5. The number of carbonyl (C=O) groups excluding carboxylic acids is 1. The molecule has 0 atom stereocenters. The molecule has 0 spiro atoms. The Morgan fingerprint density at radius 3 is 2.92 bits per heavy atom. The molecule has 1 aromatic heterocycles. The number of hydrogen-bond acceptors (Lipinski definition) is 5. The number of nitrogens with zero attached hydrogens (tertiary/aromatic N) is 4. The van der Waals surface area contributed by atoms with Crippen molar-refractivity contribution >= 4 is 17.7 Å². The summed E-state index contributed by atoms with van der Waals surface area (Å²) in [6.07, 6.45) is 1.69. The van der Waals surface area contributed by atoms with Gasteiger partial charge in [-0.2, -0.15) is 0 Å². The molecule has 0 aliphatic carbocycles. The van der Waals surface area contributed by atoms with Crippen LogP contribution in [0, 0.1) is 6.92 Å². The van der Waals surface area contributed by atoms with Gasteiger partial charge in [-0.05, 0) is 38.5 Å². The van der Waals surface area contributed by atoms with Crippen LogP contribution in [0.3, 0.4) is 0 Å². The van der Waals surface area contributed by atoms with Crippen molar-refractivity contribution in [3.8, 4) is 5.75 Å². The minimum Gasteiger partial charge on any atom is -0.492 e. The van der Waals surface area contributed by atoms with Crippen molar-refractivity contribution in [3.05, 3.63) is 36.2 Å². The first-order valence-corrected chi connectivity index (χ1v) is 8.91. The van der Waals surface area contributed by atoms with Gasteiger partial charge in [0.15, 0.2) is 5.16 Å². The van der Waals surface area contributed by atoms with Crippen molar-refractivity contribution in [2.24, 2.45) is 0 Å². The number of ether oxygens (including phenoxy) is 1. The second-order valence-electron chi connectivity index (χ2n) is 5.88. The van der Waals surface area contributed by atoms with Crippen molar-refractivity contribution in [3.63, 3.8) is 0 Å². The highest BCUT2D eigenvalue weighted by Crippen LogP contribution is 2.19. The third kappa shape index (κ3) is 5.26. The molecule has 1 aromatic carbocycles. The molecular formula is C17H24N4O2S. The Hall–Kier alpha value is -2.02. The fourth-order valence-corrected chi connectivity index (χ4v) is 3.04. The Labute approximate surface area is 147 Å². The molecule has 2 aromatic rings. The highest BCUT2D eigenvalue weighted by atomic mass is 32.2. The summed E-state index contributed by atoms with van der Waals surface area (Å²) >= 11 is 1.41. The van der Waals surface area contributed by atoms with Gasteiger partial charge >= 0.3 is 0 Å². The fraction of sp³-hybridized carbons (Fsp3) is 0.471. The van der Waals surface area contributed by atoms with Gasteiger partial charge < -0.3 is 14.2 Å². The largest absolute Gasteiger partial charge is 0.492 e. The lowest BCUT2D eigenvalue weighted by atomic mass is 10.2. The summed E-state index contributed by atoms with van der Waals surface area (Å²) < 4.78 is 7.64. The molecular weight excluding hydrogens is 324 g/mol. The first kappa shape index (κ1) is 18.3. The van der Waals surface area contributed by atoms with E-state index in [1.54, 1.807) is 18.3 Å². The lowest BCUT2D eigenvalue weighted by Gasteiger charge is -2.17. The summed E-state index contributed by atoms with van der Waals surface area (Å²) in [6.45, 7) is 7.16. The van der Waals surface area contributed by atoms with E-state index < -0.39 is 0 Å². The molecule has 6 nitrogen and oxygen atoms in total. The number of amides is 1. The van der Waals surface area contributed by atoms with Gasteiger partial charge in [-0.1, -0.05) is 23.9 Å². The van der Waals surface area contributed by atoms with E-state index in [2.05, 4.69) is 24.0 Å². The number of thioether (sulfide) groups is 1. The minimum absolute atomic E-state index is 0.0474. The predicted molar refractivity (Wildman–Crippen MR) is 95.4 cm³/mol. The quantitative estimate of drug-likeness (QED) is 0.687. The van der Waals surface area contributed by atoms with Crippen LogP contribution in [0.25, 0.3) is 0 Å². The Balaban J connectivity index is 1.75. The fourth-order valence-electron chi connectivity index (χ4n) is 2.06. The molecule has 1 heterocycles. The number of carbonyl (C=O) groups is 1. The molecule has 2 rings (SSSR count). The number of rotatable bonds is 8. The number of hydrogen-bond donors (Lipinski definition) is 0. The van der Waals surface area contributed by atoms with E-state index in [0.29, 0.717) is 18.9 Å². The van der Waals surface area contributed by atoms with E-state index in [0.717, 1.165) is 16.5 Å². The SMILES string of the molecule is Cc1cccc(OCCN(C)C(=O)CSc2nncn2C(C)C)c1. The van der Waals surface area contributed by atoms with Crippen molar-refractivity contribution in [2.75, 3.05) is 26.0 Å². The molecule has 0 aliphatic rings. The summed E-state index contributed by atoms with van der Waals surface area (Å²) in [7, 11) is 1.79. The smallest absolute Gasteiger partial charge is 0.232 e. The summed E-state index contributed by atoms with van der Waals surface area (Å²) in [6, 6.07) is 8.16. The van der Waals surface area contributed by atoms with Crippen LogP contribution in [0.5, 0.6) is 5.75 Å². The Kier molecular flexibility index (Phi) is 6.66. The number of aromatic nitrogens is 3. The van der Waals surface area contributed by atoms with Crippen LogP contribution in [0.4, 0.5) is 0 Å². The van der Waals surface area contributed by atoms with E-state index in [1.807, 2.05) is 35.8 Å². The lowest BCUT2D eigenvalue weighted by Crippen LogP contribution is -2.32. The van der Waals surface area contributed by atoms with Gasteiger partial charge in [-0.15, -0.1) is 10.2 Å². The molecule has 0 radical (unpaired) electrons. The van der Waals surface area contributed by atoms with E-state index in [9.17, 15) is 4.79 Å². The van der Waals surface area contributed by atoms with Crippen LogP contribution in [0.15, 0.2) is 35.7 Å². The van der Waals surface area contributed by atoms with Crippen LogP contribution in [0.2, 0.25) is 0 Å². The maximum absolute atomic E-state index is 12.2. The molecule has 0 unspecified atom stereocenters. The molecule has 0 bridgehead atoms. The summed E-state index contributed by atoms with van der Waals surface area (Å²) in [4.78, 5) is 13.9. The van der Waals surface area contributed by atoms with Gasteiger partial charge in [-0.25, -0.2) is 0 Å². The normalized spacial score (nSPS) is 10.9. The van der Waals surface area contributed by atoms with Gasteiger partial charge in [0.05, 0.1) is 12.3 Å². The van der Waals surface area contributed by atoms with Crippen LogP contribution in [-0.2, 0) is 4.79 Å². The van der Waals surface area contributed by atoms with Crippen LogP contribution >= 0.6 is 11.8 Å². The van der Waals surface area contributed by atoms with E-state index in [-0.39, 0.29) is 11.9 Å². The monoisotopic (exact) mass is 348 g/mol. The average Bonchev–Trinajstić information content (AvgIpc) is 3.01. The molecule has 7 heteroatoms. The maximum Gasteiger partial charge on any atom is 0.232 e. The Morgan fingerprint density at radius 2 is 2.21 bits per heavy atom. The molecule has 0 fully saturated rings.